The molecule has 2 N–H and O–H groups in total. The van der Waals surface area contributed by atoms with Crippen molar-refractivity contribution in [3.63, 3.8) is 0 Å². The van der Waals surface area contributed by atoms with E-state index in [2.05, 4.69) is 17.9 Å². The van der Waals surface area contributed by atoms with Crippen LogP contribution in [0.25, 0.3) is 16.5 Å². The number of aromatic nitrogens is 1. The minimum Gasteiger partial charge on any atom is -0.339 e. The largest absolute Gasteiger partial charge is 0.339 e. The standard InChI is InChI=1S/C22H25N3OS/c1-2-3-9-24-10-6-16(7-11-24)20-14-25(23)21-5-4-17(13-19(20)21)22(26)18-8-12-27-15-18/h4-6,8,12-15H,2-3,7,9-11,23H2,1H3. The van der Waals surface area contributed by atoms with Gasteiger partial charge in [-0.15, -0.1) is 0 Å². The fourth-order valence-corrected chi connectivity index (χ4v) is 4.39. The number of carbonyl (C=O) groups excluding carboxylic acids is 1. The van der Waals surface area contributed by atoms with Crippen molar-refractivity contribution < 1.29 is 4.79 Å². The van der Waals surface area contributed by atoms with Gasteiger partial charge in [-0.1, -0.05) is 19.4 Å². The van der Waals surface area contributed by atoms with Crippen LogP contribution in [-0.2, 0) is 0 Å². The molecule has 2 aromatic heterocycles. The molecule has 140 valence electrons. The molecule has 4 rings (SSSR count). The van der Waals surface area contributed by atoms with Crippen LogP contribution in [0.1, 0.15) is 47.7 Å². The highest BCUT2D eigenvalue weighted by Gasteiger charge is 2.18. The van der Waals surface area contributed by atoms with Gasteiger partial charge in [0.2, 0.25) is 0 Å². The molecule has 0 amide bonds. The normalized spacial score (nSPS) is 15.2. The second-order valence-corrected chi connectivity index (χ2v) is 7.94. The molecule has 0 radical (unpaired) electrons. The molecule has 27 heavy (non-hydrogen) atoms. The topological polar surface area (TPSA) is 51.3 Å². The molecule has 0 bridgehead atoms. The van der Waals surface area contributed by atoms with Crippen LogP contribution in [0.4, 0.5) is 0 Å². The van der Waals surface area contributed by atoms with E-state index >= 15 is 0 Å². The van der Waals surface area contributed by atoms with Crippen LogP contribution in [0.15, 0.2) is 47.3 Å². The number of thiophene rings is 1. The summed E-state index contributed by atoms with van der Waals surface area (Å²) in [6, 6.07) is 7.70. The number of nitrogen functional groups attached to an aromatic ring is 1. The first-order chi connectivity index (χ1) is 13.2. The smallest absolute Gasteiger partial charge is 0.193 e. The number of hydrogen-bond donors (Lipinski definition) is 1. The average Bonchev–Trinajstić information content (AvgIpc) is 3.35. The van der Waals surface area contributed by atoms with E-state index in [0.717, 1.165) is 48.1 Å². The maximum atomic E-state index is 12.7. The van der Waals surface area contributed by atoms with Gasteiger partial charge in [-0.25, -0.2) is 0 Å². The van der Waals surface area contributed by atoms with Crippen molar-refractivity contribution in [2.45, 2.75) is 26.2 Å². The molecule has 1 aliphatic rings. The lowest BCUT2D eigenvalue weighted by Crippen LogP contribution is -2.29. The summed E-state index contributed by atoms with van der Waals surface area (Å²) >= 11 is 1.54. The first kappa shape index (κ1) is 18.0. The summed E-state index contributed by atoms with van der Waals surface area (Å²) in [5.74, 6) is 6.26. The van der Waals surface area contributed by atoms with E-state index in [0.29, 0.717) is 5.56 Å². The van der Waals surface area contributed by atoms with E-state index in [9.17, 15) is 4.79 Å². The van der Waals surface area contributed by atoms with Crippen LogP contribution in [0.3, 0.4) is 0 Å². The predicted octanol–water partition coefficient (Wildman–Crippen LogP) is 4.54. The Kier molecular flexibility index (Phi) is 5.14. The highest BCUT2D eigenvalue weighted by atomic mass is 32.1. The average molecular weight is 380 g/mol. The molecule has 0 saturated carbocycles. The number of ketones is 1. The van der Waals surface area contributed by atoms with E-state index in [1.54, 1.807) is 16.0 Å². The third-order valence-electron chi connectivity index (χ3n) is 5.35. The van der Waals surface area contributed by atoms with E-state index in [-0.39, 0.29) is 5.78 Å². The number of rotatable bonds is 6. The Balaban J connectivity index is 1.66. The SMILES string of the molecule is CCCCN1CC=C(c2cn(N)c3ccc(C(=O)c4ccsc4)cc23)CC1. The first-order valence-electron chi connectivity index (χ1n) is 9.56. The minimum absolute atomic E-state index is 0.0669. The molecule has 3 heterocycles. The van der Waals surface area contributed by atoms with Crippen molar-refractivity contribution in [2.75, 3.05) is 25.5 Å². The second kappa shape index (κ2) is 7.71. The summed E-state index contributed by atoms with van der Waals surface area (Å²) < 4.78 is 1.67. The van der Waals surface area contributed by atoms with E-state index in [4.69, 9.17) is 5.84 Å². The molecule has 5 heteroatoms. The van der Waals surface area contributed by atoms with Crippen LogP contribution in [-0.4, -0.2) is 35.0 Å². The zero-order chi connectivity index (χ0) is 18.8. The predicted molar refractivity (Wildman–Crippen MR) is 114 cm³/mol. The fourth-order valence-electron chi connectivity index (χ4n) is 3.75. The monoisotopic (exact) mass is 379 g/mol. The lowest BCUT2D eigenvalue weighted by molar-refractivity contribution is 0.103. The van der Waals surface area contributed by atoms with E-state index in [1.807, 2.05) is 41.2 Å². The molecule has 1 aliphatic heterocycles. The van der Waals surface area contributed by atoms with Gasteiger partial charge in [0, 0.05) is 46.7 Å². The molecular weight excluding hydrogens is 354 g/mol. The number of benzene rings is 1. The van der Waals surface area contributed by atoms with Crippen LogP contribution in [0.5, 0.6) is 0 Å². The van der Waals surface area contributed by atoms with Crippen molar-refractivity contribution >= 4 is 33.6 Å². The molecule has 0 unspecified atom stereocenters. The van der Waals surface area contributed by atoms with Crippen LogP contribution in [0, 0.1) is 0 Å². The zero-order valence-electron chi connectivity index (χ0n) is 15.6. The molecule has 0 atom stereocenters. The van der Waals surface area contributed by atoms with Crippen molar-refractivity contribution in [3.05, 3.63) is 64.0 Å². The van der Waals surface area contributed by atoms with Gasteiger partial charge in [0.15, 0.2) is 5.78 Å². The summed E-state index contributed by atoms with van der Waals surface area (Å²) in [6.07, 6.45) is 7.82. The number of unbranched alkanes of at least 4 members (excludes halogenated alkanes) is 1. The van der Waals surface area contributed by atoms with Gasteiger partial charge in [0.1, 0.15) is 0 Å². The third kappa shape index (κ3) is 3.57. The quantitative estimate of drug-likeness (QED) is 0.505. The Morgan fingerprint density at radius 3 is 2.85 bits per heavy atom. The number of hydrogen-bond acceptors (Lipinski definition) is 4. The first-order valence-corrected chi connectivity index (χ1v) is 10.5. The Morgan fingerprint density at radius 2 is 2.15 bits per heavy atom. The molecule has 4 nitrogen and oxygen atoms in total. The Hall–Kier alpha value is -2.37. The number of fused-ring (bicyclic) bond motifs is 1. The highest BCUT2D eigenvalue weighted by Crippen LogP contribution is 2.31. The Labute approximate surface area is 163 Å². The third-order valence-corrected chi connectivity index (χ3v) is 6.03. The zero-order valence-corrected chi connectivity index (χ0v) is 16.5. The molecule has 0 saturated heterocycles. The van der Waals surface area contributed by atoms with Crippen molar-refractivity contribution in [1.82, 2.24) is 9.58 Å². The summed E-state index contributed by atoms with van der Waals surface area (Å²) in [7, 11) is 0. The summed E-state index contributed by atoms with van der Waals surface area (Å²) in [5.41, 5.74) is 4.91. The van der Waals surface area contributed by atoms with Gasteiger partial charge in [-0.05, 0) is 54.6 Å². The Morgan fingerprint density at radius 1 is 1.26 bits per heavy atom. The maximum absolute atomic E-state index is 12.7. The molecule has 3 aromatic rings. The van der Waals surface area contributed by atoms with Crippen LogP contribution < -0.4 is 5.84 Å². The summed E-state index contributed by atoms with van der Waals surface area (Å²) in [5, 5.41) is 4.90. The van der Waals surface area contributed by atoms with Crippen LogP contribution >= 0.6 is 11.3 Å². The fraction of sp³-hybridized carbons (Fsp3) is 0.318. The van der Waals surface area contributed by atoms with Crippen LogP contribution in [0.2, 0.25) is 0 Å². The van der Waals surface area contributed by atoms with Gasteiger partial charge in [0.05, 0.1) is 5.52 Å². The number of carbonyl (C=O) groups is 1. The lowest BCUT2D eigenvalue weighted by Gasteiger charge is -2.26. The van der Waals surface area contributed by atoms with Crippen molar-refractivity contribution in [1.29, 1.82) is 0 Å². The molecular formula is C22H25N3OS. The summed E-state index contributed by atoms with van der Waals surface area (Å²) in [6.45, 7) is 5.46. The van der Waals surface area contributed by atoms with E-state index in [1.165, 1.54) is 18.4 Å². The molecule has 0 fully saturated rings. The number of nitrogens with two attached hydrogens (primary N) is 1. The molecule has 1 aromatic carbocycles. The second-order valence-electron chi connectivity index (χ2n) is 7.16. The van der Waals surface area contributed by atoms with Crippen molar-refractivity contribution in [2.24, 2.45) is 0 Å². The van der Waals surface area contributed by atoms with Gasteiger partial charge in [-0.2, -0.15) is 11.3 Å². The summed E-state index contributed by atoms with van der Waals surface area (Å²) in [4.78, 5) is 15.2. The minimum atomic E-state index is 0.0669. The van der Waals surface area contributed by atoms with Gasteiger partial charge in [-0.3, -0.25) is 14.4 Å². The molecule has 0 spiro atoms. The van der Waals surface area contributed by atoms with E-state index < -0.39 is 0 Å². The van der Waals surface area contributed by atoms with Gasteiger partial charge < -0.3 is 5.84 Å². The Bertz CT molecular complexity index is 985. The van der Waals surface area contributed by atoms with Gasteiger partial charge in [0.25, 0.3) is 0 Å². The van der Waals surface area contributed by atoms with Crippen molar-refractivity contribution in [3.8, 4) is 0 Å². The number of nitrogens with zero attached hydrogens (tertiary/aromatic N) is 2. The molecule has 0 aliphatic carbocycles. The highest BCUT2D eigenvalue weighted by molar-refractivity contribution is 7.08. The lowest BCUT2D eigenvalue weighted by atomic mass is 9.96. The maximum Gasteiger partial charge on any atom is 0.193 e. The van der Waals surface area contributed by atoms with Gasteiger partial charge >= 0.3 is 0 Å².